The zero-order valence-corrected chi connectivity index (χ0v) is 20.0. The number of nitrogens with one attached hydrogen (secondary N) is 2. The fraction of sp³-hybridized carbons (Fsp3) is 0.560. The van der Waals surface area contributed by atoms with Crippen LogP contribution in [0.2, 0.25) is 0 Å². The molecule has 0 unspecified atom stereocenters. The zero-order valence-electron chi connectivity index (χ0n) is 19.2. The summed E-state index contributed by atoms with van der Waals surface area (Å²) in [6.45, 7) is 20.7. The lowest BCUT2D eigenvalue weighted by molar-refractivity contribution is -0.0816. The van der Waals surface area contributed by atoms with E-state index in [0.717, 1.165) is 17.2 Å². The molecular formula is C25H38N4S. The van der Waals surface area contributed by atoms with E-state index in [2.05, 4.69) is 108 Å². The Bertz CT molecular complexity index is 968. The first-order valence-corrected chi connectivity index (χ1v) is 11.2. The molecule has 2 N–H and O–H groups in total. The first kappa shape index (κ1) is 22.8. The van der Waals surface area contributed by atoms with Gasteiger partial charge in [-0.15, -0.1) is 11.3 Å². The van der Waals surface area contributed by atoms with E-state index >= 15 is 0 Å². The van der Waals surface area contributed by atoms with Gasteiger partial charge in [0.15, 0.2) is 0 Å². The van der Waals surface area contributed by atoms with Crippen molar-refractivity contribution in [1.29, 1.82) is 0 Å². The van der Waals surface area contributed by atoms with Gasteiger partial charge >= 0.3 is 0 Å². The number of amidine groups is 1. The number of piperazine rings is 1. The molecule has 4 rings (SSSR count). The first-order chi connectivity index (χ1) is 13.3. The molecule has 0 amide bonds. The van der Waals surface area contributed by atoms with E-state index < -0.39 is 0 Å². The van der Waals surface area contributed by atoms with Gasteiger partial charge < -0.3 is 15.5 Å². The number of hydrogen-bond donors (Lipinski definition) is 2. The van der Waals surface area contributed by atoms with Crippen molar-refractivity contribution in [2.45, 2.75) is 91.9 Å². The van der Waals surface area contributed by atoms with Crippen molar-refractivity contribution in [3.05, 3.63) is 40.8 Å². The molecule has 0 aliphatic carbocycles. The highest BCUT2D eigenvalue weighted by molar-refractivity contribution is 7.16. The molecule has 2 aromatic rings. The minimum absolute atomic E-state index is 0. The minimum atomic E-state index is -0.169. The standard InChI is InChI=1S/C24H34N4S.CH4/c1-15-14-16-19(25-17-12-10-11-13-18(17)26-20(16)29-15)28-23(6,7)21(2,3)27-22(4,5)24(28,8)9;/h10-14,26-27H,1-9H3;1H4. The lowest BCUT2D eigenvalue weighted by Crippen LogP contribution is -2.84. The Labute approximate surface area is 186 Å². The summed E-state index contributed by atoms with van der Waals surface area (Å²) in [6, 6.07) is 10.6. The summed E-state index contributed by atoms with van der Waals surface area (Å²) in [4.78, 5) is 9.16. The predicted octanol–water partition coefficient (Wildman–Crippen LogP) is 6.85. The molecule has 0 saturated carbocycles. The van der Waals surface area contributed by atoms with Crippen molar-refractivity contribution < 1.29 is 0 Å². The summed E-state index contributed by atoms with van der Waals surface area (Å²) in [6.07, 6.45) is 0. The van der Waals surface area contributed by atoms with Gasteiger partial charge in [-0.25, -0.2) is 4.99 Å². The molecule has 5 heteroatoms. The van der Waals surface area contributed by atoms with Crippen molar-refractivity contribution in [1.82, 2.24) is 10.2 Å². The van der Waals surface area contributed by atoms with Crippen LogP contribution in [0.5, 0.6) is 0 Å². The van der Waals surface area contributed by atoms with Crippen molar-refractivity contribution in [3.63, 3.8) is 0 Å². The Hall–Kier alpha value is -1.85. The summed E-state index contributed by atoms with van der Waals surface area (Å²) in [5.74, 6) is 1.06. The van der Waals surface area contributed by atoms with Gasteiger partial charge in [0.05, 0.1) is 28.0 Å². The average Bonchev–Trinajstić information content (AvgIpc) is 2.86. The van der Waals surface area contributed by atoms with E-state index in [1.807, 2.05) is 0 Å². The summed E-state index contributed by atoms with van der Waals surface area (Å²) in [5.41, 5.74) is 2.68. The molecule has 0 atom stereocenters. The van der Waals surface area contributed by atoms with Gasteiger partial charge in [-0.2, -0.15) is 0 Å². The van der Waals surface area contributed by atoms with Crippen LogP contribution in [0.1, 0.15) is 73.3 Å². The van der Waals surface area contributed by atoms with Crippen LogP contribution >= 0.6 is 11.3 Å². The highest BCUT2D eigenvalue weighted by atomic mass is 32.1. The molecule has 1 fully saturated rings. The summed E-state index contributed by atoms with van der Waals surface area (Å²) >= 11 is 1.80. The molecule has 0 spiro atoms. The number of aliphatic imine (C=N–C) groups is 1. The van der Waals surface area contributed by atoms with Gasteiger partial charge in [0.2, 0.25) is 0 Å². The van der Waals surface area contributed by atoms with Gasteiger partial charge in [-0.1, -0.05) is 19.6 Å². The molecule has 1 aromatic heterocycles. The van der Waals surface area contributed by atoms with Gasteiger partial charge in [-0.05, 0) is 80.5 Å². The number of aryl methyl sites for hydroxylation is 1. The number of fused-ring (bicyclic) bond motifs is 2. The number of rotatable bonds is 0. The van der Waals surface area contributed by atoms with Crippen LogP contribution in [-0.4, -0.2) is 32.9 Å². The van der Waals surface area contributed by atoms with Crippen LogP contribution in [0, 0.1) is 6.92 Å². The minimum Gasteiger partial charge on any atom is -0.345 e. The van der Waals surface area contributed by atoms with Crippen molar-refractivity contribution in [3.8, 4) is 0 Å². The summed E-state index contributed by atoms with van der Waals surface area (Å²) in [7, 11) is 0. The number of para-hydroxylation sites is 2. The molecule has 1 saturated heterocycles. The number of anilines is 2. The summed E-state index contributed by atoms with van der Waals surface area (Å²) < 4.78 is 0. The van der Waals surface area contributed by atoms with Crippen LogP contribution < -0.4 is 10.6 Å². The van der Waals surface area contributed by atoms with E-state index in [1.54, 1.807) is 11.3 Å². The molecule has 2 aliphatic rings. The fourth-order valence-corrected chi connectivity index (χ4v) is 5.71. The second-order valence-corrected chi connectivity index (χ2v) is 11.8. The van der Waals surface area contributed by atoms with E-state index in [4.69, 9.17) is 4.99 Å². The van der Waals surface area contributed by atoms with Crippen molar-refractivity contribution >= 4 is 33.5 Å². The Morgan fingerprint density at radius 3 is 2.07 bits per heavy atom. The molecule has 1 aromatic carbocycles. The molecule has 2 aliphatic heterocycles. The Morgan fingerprint density at radius 2 is 1.47 bits per heavy atom. The Morgan fingerprint density at radius 1 is 0.900 bits per heavy atom. The lowest BCUT2D eigenvalue weighted by atomic mass is 9.66. The predicted molar refractivity (Wildman–Crippen MR) is 133 cm³/mol. The van der Waals surface area contributed by atoms with Crippen LogP contribution in [0.25, 0.3) is 0 Å². The average molecular weight is 427 g/mol. The molecule has 4 nitrogen and oxygen atoms in total. The largest absolute Gasteiger partial charge is 0.345 e. The van der Waals surface area contributed by atoms with Gasteiger partial charge in [0, 0.05) is 16.0 Å². The third-order valence-electron chi connectivity index (χ3n) is 7.49. The highest BCUT2D eigenvalue weighted by Gasteiger charge is 2.60. The van der Waals surface area contributed by atoms with Crippen LogP contribution in [-0.2, 0) is 0 Å². The lowest BCUT2D eigenvalue weighted by Gasteiger charge is -2.68. The highest BCUT2D eigenvalue weighted by Crippen LogP contribution is 2.49. The van der Waals surface area contributed by atoms with E-state index in [-0.39, 0.29) is 29.6 Å². The molecule has 0 bridgehead atoms. The number of thiophene rings is 1. The van der Waals surface area contributed by atoms with Crippen LogP contribution in [0.4, 0.5) is 16.4 Å². The number of benzene rings is 1. The smallest absolute Gasteiger partial charge is 0.140 e. The normalized spacial score (nSPS) is 22.6. The van der Waals surface area contributed by atoms with Gasteiger partial charge in [-0.3, -0.25) is 0 Å². The van der Waals surface area contributed by atoms with E-state index in [1.165, 1.54) is 15.4 Å². The maximum absolute atomic E-state index is 5.30. The van der Waals surface area contributed by atoms with Crippen LogP contribution in [0.3, 0.4) is 0 Å². The SMILES string of the molecule is C.Cc1cc2c(s1)Nc1ccccc1N=C2N1C(C)(C)C(C)(C)NC(C)(C)C1(C)C. The monoisotopic (exact) mass is 426 g/mol. The number of nitrogens with zero attached hydrogens (tertiary/aromatic N) is 2. The number of hydrogen-bond acceptors (Lipinski definition) is 5. The third kappa shape index (κ3) is 3.09. The Kier molecular flexibility index (Phi) is 5.19. The fourth-order valence-electron chi connectivity index (χ4n) is 4.79. The van der Waals surface area contributed by atoms with E-state index in [0.29, 0.717) is 0 Å². The zero-order chi connectivity index (χ0) is 21.4. The van der Waals surface area contributed by atoms with E-state index in [9.17, 15) is 0 Å². The second-order valence-electron chi connectivity index (χ2n) is 10.5. The second kappa shape index (κ2) is 6.83. The molecule has 3 heterocycles. The molecule has 164 valence electrons. The third-order valence-corrected chi connectivity index (χ3v) is 8.45. The molecular weight excluding hydrogens is 388 g/mol. The molecule has 0 radical (unpaired) electrons. The Balaban J connectivity index is 0.00000256. The summed E-state index contributed by atoms with van der Waals surface area (Å²) in [5, 5.41) is 8.76. The van der Waals surface area contributed by atoms with Crippen molar-refractivity contribution in [2.75, 3.05) is 5.32 Å². The molecule has 30 heavy (non-hydrogen) atoms. The maximum Gasteiger partial charge on any atom is 0.140 e. The van der Waals surface area contributed by atoms with Crippen LogP contribution in [0.15, 0.2) is 35.3 Å². The maximum atomic E-state index is 5.30. The van der Waals surface area contributed by atoms with Gasteiger partial charge in [0.25, 0.3) is 0 Å². The topological polar surface area (TPSA) is 39.7 Å². The quantitative estimate of drug-likeness (QED) is 0.484. The van der Waals surface area contributed by atoms with Gasteiger partial charge in [0.1, 0.15) is 10.8 Å². The first-order valence-electron chi connectivity index (χ1n) is 10.4. The van der Waals surface area contributed by atoms with Crippen molar-refractivity contribution in [2.24, 2.45) is 4.99 Å².